The van der Waals surface area contributed by atoms with Crippen LogP contribution in [0.4, 0.5) is 4.79 Å². The number of amides is 3. The normalized spacial score (nSPS) is 25.7. The van der Waals surface area contributed by atoms with Crippen LogP contribution in [0.25, 0.3) is 0 Å². The fraction of sp³-hybridized carbons (Fsp3) is 0.769. The highest BCUT2D eigenvalue weighted by Gasteiger charge is 2.50. The number of hydrogen-bond donors (Lipinski definition) is 1. The van der Waals surface area contributed by atoms with Crippen LogP contribution in [0.3, 0.4) is 0 Å². The van der Waals surface area contributed by atoms with Gasteiger partial charge in [-0.1, -0.05) is 19.3 Å². The van der Waals surface area contributed by atoms with Gasteiger partial charge in [-0.15, -0.1) is 0 Å². The number of rotatable bonds is 3. The second kappa shape index (κ2) is 5.84. The number of imide groups is 1. The van der Waals surface area contributed by atoms with Gasteiger partial charge in [-0.25, -0.2) is 17.9 Å². The average molecular weight is 316 g/mol. The van der Waals surface area contributed by atoms with E-state index >= 15 is 0 Å². The summed E-state index contributed by atoms with van der Waals surface area (Å²) < 4.78 is 29.0. The molecule has 1 unspecified atom stereocenters. The van der Waals surface area contributed by atoms with Gasteiger partial charge in [-0.3, -0.25) is 0 Å². The van der Waals surface area contributed by atoms with Crippen LogP contribution in [-0.4, -0.2) is 60.9 Å². The summed E-state index contributed by atoms with van der Waals surface area (Å²) in [7, 11) is -1.06. The van der Waals surface area contributed by atoms with Crippen LogP contribution in [0, 0.1) is 0 Å². The molecule has 1 saturated carbocycles. The van der Waals surface area contributed by atoms with E-state index in [1.54, 1.807) is 0 Å². The maximum atomic E-state index is 12.6. The Hall–Kier alpha value is -1.28. The van der Waals surface area contributed by atoms with Crippen LogP contribution in [0.15, 0.2) is 0 Å². The molecule has 1 aliphatic heterocycles. The third kappa shape index (κ3) is 3.01. The van der Waals surface area contributed by atoms with Gasteiger partial charge in [-0.05, 0) is 19.8 Å². The van der Waals surface area contributed by atoms with E-state index in [0.29, 0.717) is 0 Å². The van der Waals surface area contributed by atoms with Crippen molar-refractivity contribution in [3.63, 3.8) is 0 Å². The number of carbonyl (C=O) groups is 2. The van der Waals surface area contributed by atoms with E-state index < -0.39 is 27.2 Å². The Morgan fingerprint density at radius 1 is 1.19 bits per heavy atom. The lowest BCUT2D eigenvalue weighted by molar-refractivity contribution is -0.405. The van der Waals surface area contributed by atoms with Crippen molar-refractivity contribution in [2.45, 2.75) is 50.3 Å². The molecular weight excluding hydrogens is 294 g/mol. The van der Waals surface area contributed by atoms with Crippen molar-refractivity contribution in [2.24, 2.45) is 0 Å². The van der Waals surface area contributed by atoms with Crippen molar-refractivity contribution in [3.05, 3.63) is 0 Å². The molecule has 8 heteroatoms. The van der Waals surface area contributed by atoms with E-state index in [1.165, 1.54) is 25.6 Å². The van der Waals surface area contributed by atoms with Gasteiger partial charge in [-0.2, -0.15) is 14.3 Å². The molecule has 0 radical (unpaired) electrons. The molecule has 1 atom stereocenters. The monoisotopic (exact) mass is 316 g/mol. The first-order valence-corrected chi connectivity index (χ1v) is 8.70. The number of urea groups is 1. The minimum Gasteiger partial charge on any atom is -0.245 e. The lowest BCUT2D eigenvalue weighted by atomic mass is 9.96. The quantitative estimate of drug-likeness (QED) is 0.759. The van der Waals surface area contributed by atoms with Gasteiger partial charge >= 0.3 is 11.9 Å². The maximum Gasteiger partial charge on any atom is 0.500 e. The van der Waals surface area contributed by atoms with Crippen molar-refractivity contribution in [1.29, 1.82) is 0 Å². The summed E-state index contributed by atoms with van der Waals surface area (Å²) in [4.78, 5) is 24.9. The van der Waals surface area contributed by atoms with Crippen molar-refractivity contribution in [2.75, 3.05) is 14.1 Å². The van der Waals surface area contributed by atoms with Gasteiger partial charge in [0.1, 0.15) is 5.71 Å². The van der Waals surface area contributed by atoms with Gasteiger partial charge in [0.05, 0.1) is 14.1 Å². The Morgan fingerprint density at radius 3 is 2.33 bits per heavy atom. The SMILES string of the molecule is CC1=[N+](C)C(=O)N(C)C(=O)C1S(=O)(=O)NC1CCCCC1. The molecule has 1 N–H and O–H groups in total. The van der Waals surface area contributed by atoms with E-state index in [-0.39, 0.29) is 11.8 Å². The van der Waals surface area contributed by atoms with Gasteiger partial charge < -0.3 is 0 Å². The molecule has 1 aliphatic carbocycles. The third-order valence-electron chi connectivity index (χ3n) is 4.28. The summed E-state index contributed by atoms with van der Waals surface area (Å²) in [6, 6.07) is -0.626. The smallest absolute Gasteiger partial charge is 0.245 e. The predicted molar refractivity (Wildman–Crippen MR) is 77.7 cm³/mol. The first-order chi connectivity index (χ1) is 9.75. The molecule has 2 rings (SSSR count). The number of carbonyl (C=O) groups excluding carboxylic acids is 2. The largest absolute Gasteiger partial charge is 0.500 e. The van der Waals surface area contributed by atoms with Crippen molar-refractivity contribution < 1.29 is 22.6 Å². The molecule has 21 heavy (non-hydrogen) atoms. The van der Waals surface area contributed by atoms with Crippen LogP contribution >= 0.6 is 0 Å². The van der Waals surface area contributed by atoms with Gasteiger partial charge in [0.2, 0.25) is 15.3 Å². The fourth-order valence-corrected chi connectivity index (χ4v) is 4.75. The minimum atomic E-state index is -3.84. The second-order valence-corrected chi connectivity index (χ2v) is 7.56. The Morgan fingerprint density at radius 2 is 1.76 bits per heavy atom. The van der Waals surface area contributed by atoms with Crippen LogP contribution in [0.1, 0.15) is 39.0 Å². The summed E-state index contributed by atoms with van der Waals surface area (Å²) in [5.41, 5.74) is 0.242. The first kappa shape index (κ1) is 16.1. The van der Waals surface area contributed by atoms with Crippen LogP contribution in [-0.2, 0) is 14.8 Å². The van der Waals surface area contributed by atoms with Crippen molar-refractivity contribution in [1.82, 2.24) is 9.62 Å². The van der Waals surface area contributed by atoms with Crippen molar-refractivity contribution >= 4 is 27.7 Å². The number of sulfonamides is 1. The Kier molecular flexibility index (Phi) is 4.48. The Balaban J connectivity index is 2.29. The average Bonchev–Trinajstić information content (AvgIpc) is 2.43. The Labute approximate surface area is 125 Å². The molecule has 1 fully saturated rings. The molecule has 0 aromatic carbocycles. The molecule has 0 spiro atoms. The summed E-state index contributed by atoms with van der Waals surface area (Å²) in [6.07, 6.45) is 4.69. The highest BCUT2D eigenvalue weighted by Crippen LogP contribution is 2.20. The van der Waals surface area contributed by atoms with E-state index in [1.807, 2.05) is 0 Å². The highest BCUT2D eigenvalue weighted by molar-refractivity contribution is 7.91. The van der Waals surface area contributed by atoms with E-state index in [0.717, 1.165) is 37.0 Å². The summed E-state index contributed by atoms with van der Waals surface area (Å²) in [5, 5.41) is -1.33. The zero-order valence-electron chi connectivity index (χ0n) is 12.6. The zero-order chi connectivity index (χ0) is 15.8. The zero-order valence-corrected chi connectivity index (χ0v) is 13.4. The summed E-state index contributed by atoms with van der Waals surface area (Å²) in [5.74, 6) is -0.695. The van der Waals surface area contributed by atoms with Crippen LogP contribution in [0.5, 0.6) is 0 Å². The third-order valence-corrected chi connectivity index (χ3v) is 6.11. The highest BCUT2D eigenvalue weighted by atomic mass is 32.2. The fourth-order valence-electron chi connectivity index (χ4n) is 2.88. The molecule has 7 nitrogen and oxygen atoms in total. The number of nitrogens with zero attached hydrogens (tertiary/aromatic N) is 2. The van der Waals surface area contributed by atoms with E-state index in [4.69, 9.17) is 0 Å². The molecule has 3 amide bonds. The van der Waals surface area contributed by atoms with Gasteiger partial charge in [0.25, 0.3) is 0 Å². The van der Waals surface area contributed by atoms with Gasteiger partial charge in [0, 0.05) is 6.04 Å². The maximum absolute atomic E-state index is 12.6. The molecule has 0 aromatic heterocycles. The molecular formula is C13H22N3O4S+. The van der Waals surface area contributed by atoms with Crippen molar-refractivity contribution in [3.8, 4) is 0 Å². The van der Waals surface area contributed by atoms with E-state index in [9.17, 15) is 18.0 Å². The molecule has 0 bridgehead atoms. The van der Waals surface area contributed by atoms with E-state index in [2.05, 4.69) is 4.72 Å². The summed E-state index contributed by atoms with van der Waals surface area (Å²) >= 11 is 0. The lowest BCUT2D eigenvalue weighted by Crippen LogP contribution is -2.59. The lowest BCUT2D eigenvalue weighted by Gasteiger charge is -2.27. The van der Waals surface area contributed by atoms with Gasteiger partial charge in [0.15, 0.2) is 0 Å². The van der Waals surface area contributed by atoms with Crippen LogP contribution < -0.4 is 4.72 Å². The second-order valence-electron chi connectivity index (χ2n) is 5.76. The molecule has 0 saturated heterocycles. The minimum absolute atomic E-state index is 0.113. The molecule has 1 heterocycles. The standard InChI is InChI=1S/C13H22N3O4S/c1-9-11(12(17)16(3)13(18)15(9)2)21(19,20)14-10-7-5-4-6-8-10/h10-11,14H,4-8H2,1-3H3/q+1. The topological polar surface area (TPSA) is 86.6 Å². The number of hydrogen-bond acceptors (Lipinski definition) is 4. The molecule has 0 aromatic rings. The number of nitrogens with one attached hydrogen (secondary N) is 1. The summed E-state index contributed by atoms with van der Waals surface area (Å²) in [6.45, 7) is 1.51. The van der Waals surface area contributed by atoms with Crippen LogP contribution in [0.2, 0.25) is 0 Å². The molecule has 2 aliphatic rings. The predicted octanol–water partition coefficient (Wildman–Crippen LogP) is 0.302. The molecule has 118 valence electrons. The Bertz CT molecular complexity index is 591. The first-order valence-electron chi connectivity index (χ1n) is 7.15.